The minimum Gasteiger partial charge on any atom is -0.370 e. The van der Waals surface area contributed by atoms with Crippen molar-refractivity contribution in [3.05, 3.63) is 5.82 Å². The molecule has 0 aliphatic rings. The van der Waals surface area contributed by atoms with Gasteiger partial charge < -0.3 is 16.8 Å². The van der Waals surface area contributed by atoms with Gasteiger partial charge in [-0.3, -0.25) is 14.7 Å². The fraction of sp³-hybridized carbons (Fsp3) is 0.500. The number of amides is 2. The summed E-state index contributed by atoms with van der Waals surface area (Å²) in [7, 11) is 0. The zero-order valence-corrected chi connectivity index (χ0v) is 8.69. The Bertz CT molecular complexity index is 374. The number of nitrogens with zero attached hydrogens (tertiary/aromatic N) is 2. The van der Waals surface area contributed by atoms with Gasteiger partial charge in [0.15, 0.2) is 0 Å². The van der Waals surface area contributed by atoms with Crippen LogP contribution in [0.2, 0.25) is 0 Å². The van der Waals surface area contributed by atoms with E-state index in [0.717, 1.165) is 0 Å². The maximum atomic E-state index is 11.4. The zero-order valence-electron chi connectivity index (χ0n) is 8.69. The molecule has 0 radical (unpaired) electrons. The smallest absolute Gasteiger partial charge is 0.288 e. The van der Waals surface area contributed by atoms with Gasteiger partial charge in [0.05, 0.1) is 0 Å². The highest BCUT2D eigenvalue weighted by Gasteiger charge is 2.09. The molecule has 2 amide bonds. The van der Waals surface area contributed by atoms with Crippen LogP contribution in [0.4, 0.5) is 5.95 Å². The molecule has 0 atom stereocenters. The van der Waals surface area contributed by atoms with Crippen LogP contribution in [0.3, 0.4) is 0 Å². The van der Waals surface area contributed by atoms with Crippen LogP contribution < -0.4 is 16.8 Å². The van der Waals surface area contributed by atoms with E-state index >= 15 is 0 Å². The first-order valence-corrected chi connectivity index (χ1v) is 4.84. The first-order chi connectivity index (χ1) is 7.59. The van der Waals surface area contributed by atoms with Gasteiger partial charge in [0.25, 0.3) is 5.91 Å². The van der Waals surface area contributed by atoms with Gasteiger partial charge in [-0.15, -0.1) is 5.10 Å². The lowest BCUT2D eigenvalue weighted by molar-refractivity contribution is -0.118. The Hall–Kier alpha value is -2.12. The van der Waals surface area contributed by atoms with Crippen LogP contribution in [-0.4, -0.2) is 33.5 Å². The number of carbonyl (C=O) groups excluding carboxylic acids is 2. The molecule has 1 rings (SSSR count). The van der Waals surface area contributed by atoms with Gasteiger partial charge in [-0.25, -0.2) is 0 Å². The Morgan fingerprint density at radius 2 is 2.12 bits per heavy atom. The number of H-pyrrole nitrogens is 1. The highest BCUT2D eigenvalue weighted by molar-refractivity contribution is 5.90. The molecule has 0 unspecified atom stereocenters. The monoisotopic (exact) mass is 226 g/mol. The number of rotatable bonds is 6. The van der Waals surface area contributed by atoms with Crippen molar-refractivity contribution < 1.29 is 9.59 Å². The number of aromatic nitrogens is 3. The second-order valence-corrected chi connectivity index (χ2v) is 3.22. The van der Waals surface area contributed by atoms with Crippen LogP contribution in [0.15, 0.2) is 0 Å². The Labute approximate surface area is 91.8 Å². The normalized spacial score (nSPS) is 10.0. The summed E-state index contributed by atoms with van der Waals surface area (Å²) in [6, 6.07) is 0. The van der Waals surface area contributed by atoms with Crippen LogP contribution in [0.1, 0.15) is 29.9 Å². The second kappa shape index (κ2) is 5.69. The van der Waals surface area contributed by atoms with Crippen molar-refractivity contribution in [3.63, 3.8) is 0 Å². The van der Waals surface area contributed by atoms with Gasteiger partial charge in [0.2, 0.25) is 17.7 Å². The Morgan fingerprint density at radius 3 is 2.69 bits per heavy atom. The van der Waals surface area contributed by atoms with E-state index in [1.165, 1.54) is 0 Å². The fourth-order valence-corrected chi connectivity index (χ4v) is 1.09. The highest BCUT2D eigenvalue weighted by atomic mass is 16.2. The molecule has 0 aliphatic carbocycles. The van der Waals surface area contributed by atoms with E-state index in [1.807, 2.05) is 0 Å². The summed E-state index contributed by atoms with van der Waals surface area (Å²) in [5.74, 6) is -0.608. The number of hydrogen-bond acceptors (Lipinski definition) is 5. The summed E-state index contributed by atoms with van der Waals surface area (Å²) in [4.78, 5) is 25.4. The average molecular weight is 226 g/mol. The topological polar surface area (TPSA) is 140 Å². The third-order valence-electron chi connectivity index (χ3n) is 1.85. The maximum absolute atomic E-state index is 11.4. The number of primary amides is 1. The van der Waals surface area contributed by atoms with E-state index in [-0.39, 0.29) is 23.6 Å². The first kappa shape index (κ1) is 12.0. The number of nitrogens with two attached hydrogens (primary N) is 2. The lowest BCUT2D eigenvalue weighted by Gasteiger charge is -2.01. The first-order valence-electron chi connectivity index (χ1n) is 4.84. The van der Waals surface area contributed by atoms with Gasteiger partial charge in [0, 0.05) is 13.0 Å². The summed E-state index contributed by atoms with van der Waals surface area (Å²) in [6.07, 6.45) is 1.65. The minimum absolute atomic E-state index is 0.0267. The van der Waals surface area contributed by atoms with E-state index in [4.69, 9.17) is 11.5 Å². The van der Waals surface area contributed by atoms with E-state index in [1.54, 1.807) is 0 Å². The van der Waals surface area contributed by atoms with E-state index < -0.39 is 0 Å². The molecule has 0 saturated heterocycles. The lowest BCUT2D eigenvalue weighted by atomic mass is 10.2. The molecule has 1 heterocycles. The van der Waals surface area contributed by atoms with Crippen molar-refractivity contribution in [2.45, 2.75) is 19.3 Å². The summed E-state index contributed by atoms with van der Waals surface area (Å²) >= 11 is 0. The zero-order chi connectivity index (χ0) is 12.0. The summed E-state index contributed by atoms with van der Waals surface area (Å²) in [5.41, 5.74) is 10.2. The van der Waals surface area contributed by atoms with Gasteiger partial charge in [-0.2, -0.15) is 4.98 Å². The van der Waals surface area contributed by atoms with Crippen LogP contribution in [0.25, 0.3) is 0 Å². The van der Waals surface area contributed by atoms with E-state index in [9.17, 15) is 9.59 Å². The summed E-state index contributed by atoms with van der Waals surface area (Å²) in [6.45, 7) is 0.451. The van der Waals surface area contributed by atoms with Crippen molar-refractivity contribution in [1.82, 2.24) is 20.5 Å². The molecule has 8 nitrogen and oxygen atoms in total. The molecule has 0 saturated carbocycles. The van der Waals surface area contributed by atoms with Crippen molar-refractivity contribution in [3.8, 4) is 0 Å². The average Bonchev–Trinajstić information content (AvgIpc) is 2.63. The number of anilines is 1. The Balaban J connectivity index is 2.18. The van der Waals surface area contributed by atoms with Crippen LogP contribution >= 0.6 is 0 Å². The molecule has 0 bridgehead atoms. The third-order valence-corrected chi connectivity index (χ3v) is 1.85. The molecule has 1 aromatic rings. The number of carbonyl (C=O) groups is 2. The number of aromatic amines is 1. The molecule has 0 fully saturated rings. The molecule has 0 spiro atoms. The number of hydrogen-bond donors (Lipinski definition) is 4. The van der Waals surface area contributed by atoms with Crippen molar-refractivity contribution in [2.24, 2.45) is 5.73 Å². The van der Waals surface area contributed by atoms with E-state index in [0.29, 0.717) is 25.8 Å². The highest BCUT2D eigenvalue weighted by Crippen LogP contribution is 1.95. The van der Waals surface area contributed by atoms with Crippen LogP contribution in [0, 0.1) is 0 Å². The second-order valence-electron chi connectivity index (χ2n) is 3.22. The maximum Gasteiger partial charge on any atom is 0.288 e. The number of nitrogens with one attached hydrogen (secondary N) is 2. The molecule has 0 aromatic carbocycles. The van der Waals surface area contributed by atoms with Gasteiger partial charge in [-0.1, -0.05) is 0 Å². The molecule has 88 valence electrons. The number of nitrogen functional groups attached to an aromatic ring is 1. The summed E-state index contributed by atoms with van der Waals surface area (Å²) < 4.78 is 0. The van der Waals surface area contributed by atoms with Gasteiger partial charge in [-0.05, 0) is 12.8 Å². The van der Waals surface area contributed by atoms with E-state index in [2.05, 4.69) is 20.5 Å². The lowest BCUT2D eigenvalue weighted by Crippen LogP contribution is -2.25. The Morgan fingerprint density at radius 1 is 1.38 bits per heavy atom. The molecular weight excluding hydrogens is 212 g/mol. The third kappa shape index (κ3) is 3.95. The molecule has 6 N–H and O–H groups in total. The quantitative estimate of drug-likeness (QED) is 0.450. The predicted octanol–water partition coefficient (Wildman–Crippen LogP) is -1.23. The standard InChI is InChI=1S/C8H14N6O2/c9-5(15)3-1-2-4-11-7(16)6-12-8(10)14-13-6/h1-4H2,(H2,9,15)(H,11,16)(H3,10,12,13,14). The van der Waals surface area contributed by atoms with Crippen molar-refractivity contribution in [1.29, 1.82) is 0 Å². The van der Waals surface area contributed by atoms with Crippen molar-refractivity contribution in [2.75, 3.05) is 12.3 Å². The van der Waals surface area contributed by atoms with Gasteiger partial charge >= 0.3 is 0 Å². The molecule has 1 aromatic heterocycles. The van der Waals surface area contributed by atoms with Crippen molar-refractivity contribution >= 4 is 17.8 Å². The van der Waals surface area contributed by atoms with Crippen LogP contribution in [-0.2, 0) is 4.79 Å². The number of unbranched alkanes of at least 4 members (excludes halogenated alkanes) is 1. The van der Waals surface area contributed by atoms with Crippen LogP contribution in [0.5, 0.6) is 0 Å². The predicted molar refractivity (Wildman–Crippen MR) is 56.2 cm³/mol. The molecule has 8 heteroatoms. The Kier molecular flexibility index (Phi) is 4.25. The fourth-order valence-electron chi connectivity index (χ4n) is 1.09. The minimum atomic E-state index is -0.372. The SMILES string of the molecule is NC(=O)CCCCNC(=O)c1nc(N)n[nH]1. The molecule has 16 heavy (non-hydrogen) atoms. The summed E-state index contributed by atoms with van der Waals surface area (Å²) in [5, 5.41) is 8.52. The largest absolute Gasteiger partial charge is 0.370 e. The van der Waals surface area contributed by atoms with Gasteiger partial charge in [0.1, 0.15) is 0 Å². The molecular formula is C8H14N6O2. The molecule has 0 aliphatic heterocycles.